The molecule has 1 heterocycles. The fourth-order valence-corrected chi connectivity index (χ4v) is 4.47. The van der Waals surface area contributed by atoms with E-state index in [-0.39, 0.29) is 24.7 Å². The molecule has 166 valence electrons. The van der Waals surface area contributed by atoms with Crippen LogP contribution in [0.1, 0.15) is 11.1 Å². The van der Waals surface area contributed by atoms with Crippen LogP contribution in [-0.4, -0.2) is 27.2 Å². The molecule has 0 saturated carbocycles. The lowest BCUT2D eigenvalue weighted by molar-refractivity contribution is -0.122. The standard InChI is InChI=1S/C23H21FN2O5S/c24-18-7-9-19(10-8-18)32(28,29)26-20(12-16-4-2-1-3-5-16)23(27)25-14-17-6-11-21-22(13-17)31-15-30-21/h1-11,13,20,26H,12,14-15H2,(H,25,27). The molecular formula is C23H21FN2O5S. The molecular weight excluding hydrogens is 435 g/mol. The van der Waals surface area contributed by atoms with Crippen molar-refractivity contribution in [3.8, 4) is 11.5 Å². The molecule has 0 bridgehead atoms. The summed E-state index contributed by atoms with van der Waals surface area (Å²) >= 11 is 0. The van der Waals surface area contributed by atoms with E-state index < -0.39 is 27.8 Å². The van der Waals surface area contributed by atoms with Gasteiger partial charge in [0.1, 0.15) is 11.9 Å². The average molecular weight is 456 g/mol. The quantitative estimate of drug-likeness (QED) is 0.544. The SMILES string of the molecule is O=C(NCc1ccc2c(c1)OCO2)C(Cc1ccccc1)NS(=O)(=O)c1ccc(F)cc1. The topological polar surface area (TPSA) is 93.7 Å². The lowest BCUT2D eigenvalue weighted by Gasteiger charge is -2.19. The van der Waals surface area contributed by atoms with Gasteiger partial charge in [0, 0.05) is 6.54 Å². The normalized spacial score (nSPS) is 13.5. The molecule has 32 heavy (non-hydrogen) atoms. The minimum absolute atomic E-state index is 0.125. The van der Waals surface area contributed by atoms with Crippen LogP contribution in [0.3, 0.4) is 0 Å². The maximum absolute atomic E-state index is 13.2. The summed E-state index contributed by atoms with van der Waals surface area (Å²) in [5, 5.41) is 2.77. The number of carbonyl (C=O) groups excluding carboxylic acids is 1. The lowest BCUT2D eigenvalue weighted by Crippen LogP contribution is -2.47. The van der Waals surface area contributed by atoms with Crippen LogP contribution < -0.4 is 19.5 Å². The van der Waals surface area contributed by atoms with E-state index in [1.54, 1.807) is 18.2 Å². The third kappa shape index (κ3) is 5.24. The largest absolute Gasteiger partial charge is 0.454 e. The van der Waals surface area contributed by atoms with Crippen LogP contribution in [0.4, 0.5) is 4.39 Å². The van der Waals surface area contributed by atoms with Gasteiger partial charge in [-0.2, -0.15) is 4.72 Å². The summed E-state index contributed by atoms with van der Waals surface area (Å²) < 4.78 is 51.9. The van der Waals surface area contributed by atoms with Crippen molar-refractivity contribution in [1.82, 2.24) is 10.0 Å². The summed E-state index contributed by atoms with van der Waals surface area (Å²) in [5.41, 5.74) is 1.57. The highest BCUT2D eigenvalue weighted by Crippen LogP contribution is 2.32. The number of halogens is 1. The second-order valence-corrected chi connectivity index (χ2v) is 8.94. The zero-order chi connectivity index (χ0) is 22.6. The second kappa shape index (κ2) is 9.37. The zero-order valence-corrected chi connectivity index (χ0v) is 17.8. The van der Waals surface area contributed by atoms with Crippen molar-refractivity contribution in [1.29, 1.82) is 0 Å². The third-order valence-corrected chi connectivity index (χ3v) is 6.41. The van der Waals surface area contributed by atoms with Crippen LogP contribution in [0.25, 0.3) is 0 Å². The number of benzene rings is 3. The Balaban J connectivity index is 1.50. The van der Waals surface area contributed by atoms with Crippen molar-refractivity contribution in [3.05, 3.63) is 89.7 Å². The fraction of sp³-hybridized carbons (Fsp3) is 0.174. The smallest absolute Gasteiger partial charge is 0.241 e. The molecule has 0 saturated heterocycles. The molecule has 1 unspecified atom stereocenters. The van der Waals surface area contributed by atoms with E-state index in [9.17, 15) is 17.6 Å². The van der Waals surface area contributed by atoms with Gasteiger partial charge in [0.2, 0.25) is 22.7 Å². The van der Waals surface area contributed by atoms with Crippen molar-refractivity contribution in [2.45, 2.75) is 23.9 Å². The second-order valence-electron chi connectivity index (χ2n) is 7.22. The predicted octanol–water partition coefficient (Wildman–Crippen LogP) is 2.76. The van der Waals surface area contributed by atoms with Crippen molar-refractivity contribution in [3.63, 3.8) is 0 Å². The summed E-state index contributed by atoms with van der Waals surface area (Å²) in [6.45, 7) is 0.328. The van der Waals surface area contributed by atoms with Crippen molar-refractivity contribution in [2.75, 3.05) is 6.79 Å². The van der Waals surface area contributed by atoms with Gasteiger partial charge in [0.25, 0.3) is 0 Å². The minimum Gasteiger partial charge on any atom is -0.454 e. The number of sulfonamides is 1. The molecule has 0 aromatic heterocycles. The third-order valence-electron chi connectivity index (χ3n) is 4.92. The number of amides is 1. The molecule has 3 aromatic rings. The van der Waals surface area contributed by atoms with Gasteiger partial charge < -0.3 is 14.8 Å². The summed E-state index contributed by atoms with van der Waals surface area (Å²) in [4.78, 5) is 12.8. The number of hydrogen-bond donors (Lipinski definition) is 2. The van der Waals surface area contributed by atoms with Crippen LogP contribution in [0, 0.1) is 5.82 Å². The molecule has 7 nitrogen and oxygen atoms in total. The summed E-state index contributed by atoms with van der Waals surface area (Å²) in [6, 6.07) is 17.7. The summed E-state index contributed by atoms with van der Waals surface area (Å²) in [6.07, 6.45) is 0.147. The lowest BCUT2D eigenvalue weighted by atomic mass is 10.1. The Kier molecular flexibility index (Phi) is 6.38. The minimum atomic E-state index is -4.05. The molecule has 4 rings (SSSR count). The van der Waals surface area contributed by atoms with Crippen molar-refractivity contribution < 1.29 is 27.1 Å². The van der Waals surface area contributed by atoms with E-state index in [1.165, 1.54) is 0 Å². The maximum atomic E-state index is 13.2. The Bertz CT molecular complexity index is 1200. The van der Waals surface area contributed by atoms with E-state index in [0.29, 0.717) is 11.5 Å². The molecule has 1 atom stereocenters. The van der Waals surface area contributed by atoms with Gasteiger partial charge in [-0.15, -0.1) is 0 Å². The Morgan fingerprint density at radius 3 is 2.41 bits per heavy atom. The first-order valence-corrected chi connectivity index (χ1v) is 11.4. The van der Waals surface area contributed by atoms with E-state index in [0.717, 1.165) is 35.4 Å². The molecule has 1 aliphatic rings. The van der Waals surface area contributed by atoms with Gasteiger partial charge in [-0.3, -0.25) is 4.79 Å². The highest BCUT2D eigenvalue weighted by atomic mass is 32.2. The number of ether oxygens (including phenoxy) is 2. The summed E-state index contributed by atoms with van der Waals surface area (Å²) in [7, 11) is -4.05. The van der Waals surface area contributed by atoms with Crippen LogP contribution in [-0.2, 0) is 27.8 Å². The number of carbonyl (C=O) groups is 1. The van der Waals surface area contributed by atoms with Crippen LogP contribution in [0.15, 0.2) is 77.7 Å². The van der Waals surface area contributed by atoms with Gasteiger partial charge >= 0.3 is 0 Å². The van der Waals surface area contributed by atoms with Crippen molar-refractivity contribution >= 4 is 15.9 Å². The number of hydrogen-bond acceptors (Lipinski definition) is 5. The molecule has 0 aliphatic carbocycles. The number of fused-ring (bicyclic) bond motifs is 1. The van der Waals surface area contributed by atoms with Gasteiger partial charge in [0.05, 0.1) is 4.90 Å². The molecule has 9 heteroatoms. The van der Waals surface area contributed by atoms with Crippen molar-refractivity contribution in [2.24, 2.45) is 0 Å². The Morgan fingerprint density at radius 2 is 1.66 bits per heavy atom. The fourth-order valence-electron chi connectivity index (χ4n) is 3.27. The van der Waals surface area contributed by atoms with E-state index in [2.05, 4.69) is 10.0 Å². The van der Waals surface area contributed by atoms with E-state index in [4.69, 9.17) is 9.47 Å². The maximum Gasteiger partial charge on any atom is 0.241 e. The summed E-state index contributed by atoms with van der Waals surface area (Å²) in [5.74, 6) is 0.187. The van der Waals surface area contributed by atoms with Gasteiger partial charge in [-0.05, 0) is 53.9 Å². The van der Waals surface area contributed by atoms with Gasteiger partial charge in [-0.1, -0.05) is 36.4 Å². The monoisotopic (exact) mass is 456 g/mol. The zero-order valence-electron chi connectivity index (χ0n) is 17.0. The Hall–Kier alpha value is -3.43. The Labute approximate surface area is 185 Å². The first-order valence-electron chi connectivity index (χ1n) is 9.89. The molecule has 0 spiro atoms. The molecule has 1 aliphatic heterocycles. The van der Waals surface area contributed by atoms with E-state index in [1.807, 2.05) is 30.3 Å². The van der Waals surface area contributed by atoms with E-state index >= 15 is 0 Å². The molecule has 3 aromatic carbocycles. The number of rotatable bonds is 8. The highest BCUT2D eigenvalue weighted by Gasteiger charge is 2.26. The first-order chi connectivity index (χ1) is 15.4. The molecule has 0 fully saturated rings. The Morgan fingerprint density at radius 1 is 0.938 bits per heavy atom. The van der Waals surface area contributed by atoms with Gasteiger partial charge in [-0.25, -0.2) is 12.8 Å². The number of nitrogens with one attached hydrogen (secondary N) is 2. The van der Waals surface area contributed by atoms with Crippen LogP contribution in [0.5, 0.6) is 11.5 Å². The van der Waals surface area contributed by atoms with Gasteiger partial charge in [0.15, 0.2) is 11.5 Å². The average Bonchev–Trinajstić information content (AvgIpc) is 3.26. The molecule has 0 radical (unpaired) electrons. The first kappa shape index (κ1) is 21.8. The van der Waals surface area contributed by atoms with Crippen LogP contribution >= 0.6 is 0 Å². The molecule has 1 amide bonds. The highest BCUT2D eigenvalue weighted by molar-refractivity contribution is 7.89. The molecule has 2 N–H and O–H groups in total. The van der Waals surface area contributed by atoms with Crippen LogP contribution in [0.2, 0.25) is 0 Å². The predicted molar refractivity (Wildman–Crippen MR) is 115 cm³/mol.